The first-order valence-electron chi connectivity index (χ1n) is 4.70. The molecule has 1 aliphatic rings. The van der Waals surface area contributed by atoms with Crippen molar-refractivity contribution in [2.45, 2.75) is 37.7 Å². The lowest BCUT2D eigenvalue weighted by atomic mass is 10.2. The van der Waals surface area contributed by atoms with Gasteiger partial charge in [0.1, 0.15) is 0 Å². The summed E-state index contributed by atoms with van der Waals surface area (Å²) in [6.45, 7) is 6.33. The molecular formula is C10H18OS2. The molecule has 3 heteroatoms. The first-order chi connectivity index (χ1) is 6.04. The van der Waals surface area contributed by atoms with Gasteiger partial charge in [0.15, 0.2) is 0 Å². The average molecular weight is 218 g/mol. The van der Waals surface area contributed by atoms with E-state index in [1.165, 1.54) is 11.3 Å². The molecule has 0 aliphatic carbocycles. The fourth-order valence-electron chi connectivity index (χ4n) is 1.30. The molecule has 0 radical (unpaired) electrons. The van der Waals surface area contributed by atoms with Gasteiger partial charge in [-0.1, -0.05) is 11.6 Å². The maximum absolute atomic E-state index is 11.8. The Kier molecular flexibility index (Phi) is 4.05. The second kappa shape index (κ2) is 4.65. The number of allylic oxidation sites excluding steroid dienone is 2. The Balaban J connectivity index is 2.62. The summed E-state index contributed by atoms with van der Waals surface area (Å²) >= 11 is 1.87. The third kappa shape index (κ3) is 3.13. The van der Waals surface area contributed by atoms with Crippen LogP contribution in [0.5, 0.6) is 0 Å². The number of thioether (sulfide) groups is 1. The van der Waals surface area contributed by atoms with Crippen LogP contribution >= 0.6 is 11.8 Å². The molecule has 0 amide bonds. The molecular weight excluding hydrogens is 200 g/mol. The first kappa shape index (κ1) is 11.3. The SMILES string of the molecule is CC(C)=CC[C@]1(C)SCCCS1=O. The van der Waals surface area contributed by atoms with E-state index < -0.39 is 10.8 Å². The second-order valence-electron chi connectivity index (χ2n) is 3.87. The highest BCUT2D eigenvalue weighted by Gasteiger charge is 2.33. The minimum absolute atomic E-state index is 0.0183. The van der Waals surface area contributed by atoms with Gasteiger partial charge in [-0.15, -0.1) is 11.8 Å². The highest BCUT2D eigenvalue weighted by Crippen LogP contribution is 2.37. The summed E-state index contributed by atoms with van der Waals surface area (Å²) < 4.78 is 11.8. The zero-order valence-corrected chi connectivity index (χ0v) is 10.3. The zero-order chi connectivity index (χ0) is 9.90. The van der Waals surface area contributed by atoms with Crippen molar-refractivity contribution in [1.29, 1.82) is 0 Å². The van der Waals surface area contributed by atoms with Crippen LogP contribution in [0.1, 0.15) is 33.6 Å². The Morgan fingerprint density at radius 3 is 2.85 bits per heavy atom. The lowest BCUT2D eigenvalue weighted by Gasteiger charge is -2.31. The van der Waals surface area contributed by atoms with Crippen molar-refractivity contribution in [2.75, 3.05) is 11.5 Å². The Bertz CT molecular complexity index is 231. The van der Waals surface area contributed by atoms with E-state index in [-0.39, 0.29) is 4.08 Å². The molecule has 1 aliphatic heterocycles. The molecule has 0 aromatic carbocycles. The van der Waals surface area contributed by atoms with E-state index in [0.717, 1.165) is 18.6 Å². The monoisotopic (exact) mass is 218 g/mol. The summed E-state index contributed by atoms with van der Waals surface area (Å²) in [5, 5.41) is 0. The van der Waals surface area contributed by atoms with Crippen molar-refractivity contribution < 1.29 is 4.21 Å². The minimum atomic E-state index is -0.642. The van der Waals surface area contributed by atoms with Gasteiger partial charge in [-0.05, 0) is 39.4 Å². The summed E-state index contributed by atoms with van der Waals surface area (Å²) in [5.74, 6) is 2.05. The van der Waals surface area contributed by atoms with Crippen molar-refractivity contribution in [3.8, 4) is 0 Å². The molecule has 2 atom stereocenters. The van der Waals surface area contributed by atoms with Gasteiger partial charge < -0.3 is 0 Å². The van der Waals surface area contributed by atoms with Crippen molar-refractivity contribution in [2.24, 2.45) is 0 Å². The van der Waals surface area contributed by atoms with Gasteiger partial charge in [-0.3, -0.25) is 4.21 Å². The van der Waals surface area contributed by atoms with Crippen molar-refractivity contribution in [3.05, 3.63) is 11.6 Å². The van der Waals surface area contributed by atoms with Gasteiger partial charge in [-0.25, -0.2) is 0 Å². The van der Waals surface area contributed by atoms with Crippen molar-refractivity contribution in [3.63, 3.8) is 0 Å². The van der Waals surface area contributed by atoms with Gasteiger partial charge in [0.25, 0.3) is 0 Å². The predicted molar refractivity (Wildman–Crippen MR) is 62.5 cm³/mol. The van der Waals surface area contributed by atoms with Crippen molar-refractivity contribution >= 4 is 22.6 Å². The van der Waals surface area contributed by atoms with E-state index in [9.17, 15) is 4.21 Å². The van der Waals surface area contributed by atoms with Gasteiger partial charge in [-0.2, -0.15) is 0 Å². The maximum atomic E-state index is 11.8. The van der Waals surface area contributed by atoms with Gasteiger partial charge >= 0.3 is 0 Å². The Hall–Kier alpha value is 0.240. The lowest BCUT2D eigenvalue weighted by Crippen LogP contribution is -2.32. The van der Waals surface area contributed by atoms with Crippen LogP contribution in [0, 0.1) is 0 Å². The van der Waals surface area contributed by atoms with Crippen LogP contribution in [0.15, 0.2) is 11.6 Å². The smallest absolute Gasteiger partial charge is 0.0914 e. The lowest BCUT2D eigenvalue weighted by molar-refractivity contribution is 0.663. The van der Waals surface area contributed by atoms with E-state index in [4.69, 9.17) is 0 Å². The highest BCUT2D eigenvalue weighted by atomic mass is 32.2. The van der Waals surface area contributed by atoms with E-state index in [1.807, 2.05) is 11.8 Å². The number of hydrogen-bond donors (Lipinski definition) is 0. The van der Waals surface area contributed by atoms with Gasteiger partial charge in [0.05, 0.1) is 4.08 Å². The fourth-order valence-corrected chi connectivity index (χ4v) is 4.54. The van der Waals surface area contributed by atoms with E-state index in [2.05, 4.69) is 26.8 Å². The zero-order valence-electron chi connectivity index (χ0n) is 8.63. The summed E-state index contributed by atoms with van der Waals surface area (Å²) in [7, 11) is -0.642. The minimum Gasteiger partial charge on any atom is -0.258 e. The quantitative estimate of drug-likeness (QED) is 0.663. The molecule has 0 saturated carbocycles. The Morgan fingerprint density at radius 1 is 1.62 bits per heavy atom. The van der Waals surface area contributed by atoms with Gasteiger partial charge in [0, 0.05) is 16.6 Å². The molecule has 1 unspecified atom stereocenters. The van der Waals surface area contributed by atoms with Crippen LogP contribution in [0.2, 0.25) is 0 Å². The van der Waals surface area contributed by atoms with Crippen LogP contribution in [-0.4, -0.2) is 19.8 Å². The molecule has 0 aromatic rings. The van der Waals surface area contributed by atoms with Crippen LogP contribution < -0.4 is 0 Å². The van der Waals surface area contributed by atoms with Crippen molar-refractivity contribution in [1.82, 2.24) is 0 Å². The first-order valence-corrected chi connectivity index (χ1v) is 7.01. The molecule has 1 heterocycles. The van der Waals surface area contributed by atoms with Crippen LogP contribution in [-0.2, 0) is 10.8 Å². The fraction of sp³-hybridized carbons (Fsp3) is 0.800. The molecule has 0 spiro atoms. The summed E-state index contributed by atoms with van der Waals surface area (Å²) in [6.07, 6.45) is 4.27. The van der Waals surface area contributed by atoms with Crippen LogP contribution in [0.3, 0.4) is 0 Å². The summed E-state index contributed by atoms with van der Waals surface area (Å²) in [6, 6.07) is 0. The van der Waals surface area contributed by atoms with Crippen LogP contribution in [0.4, 0.5) is 0 Å². The molecule has 1 rings (SSSR count). The molecule has 76 valence electrons. The third-order valence-corrected chi connectivity index (χ3v) is 6.21. The predicted octanol–water partition coefficient (Wildman–Crippen LogP) is 2.94. The number of hydrogen-bond acceptors (Lipinski definition) is 2. The molecule has 0 N–H and O–H groups in total. The van der Waals surface area contributed by atoms with Crippen LogP contribution in [0.25, 0.3) is 0 Å². The average Bonchev–Trinajstić information content (AvgIpc) is 2.07. The van der Waals surface area contributed by atoms with E-state index >= 15 is 0 Å². The normalized spacial score (nSPS) is 34.2. The molecule has 0 aromatic heterocycles. The summed E-state index contributed by atoms with van der Waals surface area (Å²) in [5.41, 5.74) is 1.32. The second-order valence-corrected chi connectivity index (χ2v) is 7.73. The molecule has 13 heavy (non-hydrogen) atoms. The highest BCUT2D eigenvalue weighted by molar-refractivity contribution is 8.13. The summed E-state index contributed by atoms with van der Waals surface area (Å²) in [4.78, 5) is 0. The number of rotatable bonds is 2. The Morgan fingerprint density at radius 2 is 2.31 bits per heavy atom. The molecule has 1 nitrogen and oxygen atoms in total. The molecule has 0 bridgehead atoms. The Labute approximate surface area is 87.8 Å². The van der Waals surface area contributed by atoms with Gasteiger partial charge in [0.2, 0.25) is 0 Å². The van der Waals surface area contributed by atoms with E-state index in [0.29, 0.717) is 0 Å². The largest absolute Gasteiger partial charge is 0.258 e. The third-order valence-electron chi connectivity index (χ3n) is 2.24. The topological polar surface area (TPSA) is 17.1 Å². The maximum Gasteiger partial charge on any atom is 0.0914 e. The standard InChI is InChI=1S/C10H18OS2/c1-9(2)5-6-10(3)12-7-4-8-13(10)11/h5H,4,6-8H2,1-3H3/t10-,13?/m1/s1. The molecule has 1 fully saturated rings. The molecule has 1 saturated heterocycles. The van der Waals surface area contributed by atoms with E-state index in [1.54, 1.807) is 0 Å².